The molecule has 3 rings (SSSR count). The normalized spacial score (nSPS) is 12.5. The summed E-state index contributed by atoms with van der Waals surface area (Å²) in [6, 6.07) is 11.1. The van der Waals surface area contributed by atoms with Crippen LogP contribution >= 0.6 is 0 Å². The fourth-order valence-electron chi connectivity index (χ4n) is 2.19. The van der Waals surface area contributed by atoms with E-state index in [0.717, 1.165) is 0 Å². The van der Waals surface area contributed by atoms with E-state index in [0.29, 0.717) is 30.4 Å². The van der Waals surface area contributed by atoms with Gasteiger partial charge in [0, 0.05) is 11.8 Å². The number of anilines is 1. The van der Waals surface area contributed by atoms with E-state index in [1.807, 2.05) is 0 Å². The average Bonchev–Trinajstić information content (AvgIpc) is 2.54. The van der Waals surface area contributed by atoms with Gasteiger partial charge in [-0.3, -0.25) is 4.79 Å². The van der Waals surface area contributed by atoms with Gasteiger partial charge in [0.15, 0.2) is 11.5 Å². The Bertz CT molecular complexity index is 741. The third-order valence-corrected chi connectivity index (χ3v) is 3.20. The lowest BCUT2D eigenvalue weighted by Gasteiger charge is -2.19. The van der Waals surface area contributed by atoms with Gasteiger partial charge in [-0.2, -0.15) is 0 Å². The molecule has 0 spiro atoms. The molecule has 6 nitrogen and oxygen atoms in total. The van der Waals surface area contributed by atoms with Crippen LogP contribution in [0.1, 0.15) is 20.7 Å². The van der Waals surface area contributed by atoms with E-state index in [1.165, 1.54) is 12.1 Å². The van der Waals surface area contributed by atoms with E-state index < -0.39 is 11.9 Å². The Labute approximate surface area is 126 Å². The molecule has 2 aromatic carbocycles. The van der Waals surface area contributed by atoms with Crippen LogP contribution in [0.5, 0.6) is 11.5 Å². The van der Waals surface area contributed by atoms with Crippen molar-refractivity contribution >= 4 is 17.6 Å². The second-order valence-electron chi connectivity index (χ2n) is 4.66. The highest BCUT2D eigenvalue weighted by Crippen LogP contribution is 2.32. The van der Waals surface area contributed by atoms with E-state index in [2.05, 4.69) is 5.32 Å². The number of fused-ring (bicyclic) bond motifs is 1. The number of carbonyl (C=O) groups is 2. The van der Waals surface area contributed by atoms with E-state index in [-0.39, 0.29) is 11.1 Å². The number of amides is 1. The Morgan fingerprint density at radius 2 is 1.64 bits per heavy atom. The molecule has 6 heteroatoms. The molecular weight excluding hydrogens is 286 g/mol. The lowest BCUT2D eigenvalue weighted by molar-refractivity contribution is 0.0692. The largest absolute Gasteiger partial charge is 0.486 e. The van der Waals surface area contributed by atoms with Crippen molar-refractivity contribution in [2.45, 2.75) is 0 Å². The molecule has 2 aromatic rings. The molecule has 0 radical (unpaired) electrons. The van der Waals surface area contributed by atoms with Gasteiger partial charge in [-0.25, -0.2) is 4.79 Å². The Balaban J connectivity index is 1.84. The van der Waals surface area contributed by atoms with Crippen LogP contribution in [0.3, 0.4) is 0 Å². The molecule has 0 bridgehead atoms. The van der Waals surface area contributed by atoms with Crippen LogP contribution in [0.2, 0.25) is 0 Å². The summed E-state index contributed by atoms with van der Waals surface area (Å²) in [4.78, 5) is 23.4. The second kappa shape index (κ2) is 5.77. The summed E-state index contributed by atoms with van der Waals surface area (Å²) in [5.74, 6) is -0.464. The number of carboxylic acids is 1. The van der Waals surface area contributed by atoms with Crippen molar-refractivity contribution in [1.29, 1.82) is 0 Å². The third-order valence-electron chi connectivity index (χ3n) is 3.20. The van der Waals surface area contributed by atoms with E-state index in [4.69, 9.17) is 14.6 Å². The minimum absolute atomic E-state index is 0.0439. The monoisotopic (exact) mass is 299 g/mol. The van der Waals surface area contributed by atoms with Crippen molar-refractivity contribution in [1.82, 2.24) is 0 Å². The standard InChI is InChI=1S/C16H13NO5/c18-15(11-3-1-2-4-12(11)16(19)20)17-10-5-6-13-14(9-10)22-8-7-21-13/h1-6,9H,7-8H2,(H,17,18)(H,19,20). The van der Waals surface area contributed by atoms with Crippen molar-refractivity contribution in [3.63, 3.8) is 0 Å². The summed E-state index contributed by atoms with van der Waals surface area (Å²) in [7, 11) is 0. The highest BCUT2D eigenvalue weighted by Gasteiger charge is 2.17. The van der Waals surface area contributed by atoms with Crippen molar-refractivity contribution in [3.05, 3.63) is 53.6 Å². The molecule has 22 heavy (non-hydrogen) atoms. The summed E-state index contributed by atoms with van der Waals surface area (Å²) in [5, 5.41) is 11.8. The number of aromatic carboxylic acids is 1. The van der Waals surface area contributed by atoms with E-state index in [9.17, 15) is 9.59 Å². The number of rotatable bonds is 3. The molecule has 1 aliphatic heterocycles. The molecule has 2 N–H and O–H groups in total. The van der Waals surface area contributed by atoms with Crippen molar-refractivity contribution < 1.29 is 24.2 Å². The number of nitrogens with one attached hydrogen (secondary N) is 1. The first-order chi connectivity index (χ1) is 10.6. The summed E-state index contributed by atoms with van der Waals surface area (Å²) in [5.41, 5.74) is 0.567. The Morgan fingerprint density at radius 3 is 2.36 bits per heavy atom. The maximum atomic E-state index is 12.3. The Kier molecular flexibility index (Phi) is 3.65. The van der Waals surface area contributed by atoms with Crippen molar-refractivity contribution in [3.8, 4) is 11.5 Å². The van der Waals surface area contributed by atoms with Crippen LogP contribution < -0.4 is 14.8 Å². The molecule has 0 saturated carbocycles. The molecule has 1 amide bonds. The summed E-state index contributed by atoms with van der Waals surface area (Å²) < 4.78 is 10.8. The molecule has 1 aliphatic rings. The van der Waals surface area contributed by atoms with Gasteiger partial charge in [-0.15, -0.1) is 0 Å². The fourth-order valence-corrected chi connectivity index (χ4v) is 2.19. The number of hydrogen-bond donors (Lipinski definition) is 2. The zero-order valence-electron chi connectivity index (χ0n) is 11.5. The maximum Gasteiger partial charge on any atom is 0.336 e. The van der Waals surface area contributed by atoms with Crippen LogP contribution in [0.4, 0.5) is 5.69 Å². The van der Waals surface area contributed by atoms with Crippen LogP contribution in [-0.2, 0) is 0 Å². The van der Waals surface area contributed by atoms with Gasteiger partial charge >= 0.3 is 5.97 Å². The number of hydrogen-bond acceptors (Lipinski definition) is 4. The maximum absolute atomic E-state index is 12.3. The Morgan fingerprint density at radius 1 is 0.955 bits per heavy atom. The van der Waals surface area contributed by atoms with Crippen LogP contribution in [0.25, 0.3) is 0 Å². The summed E-state index contributed by atoms with van der Waals surface area (Å²) >= 11 is 0. The predicted octanol–water partition coefficient (Wildman–Crippen LogP) is 2.41. The van der Waals surface area contributed by atoms with Gasteiger partial charge in [0.1, 0.15) is 13.2 Å². The molecule has 1 heterocycles. The van der Waals surface area contributed by atoms with Gasteiger partial charge in [0.25, 0.3) is 5.91 Å². The molecule has 0 saturated heterocycles. The van der Waals surface area contributed by atoms with Crippen molar-refractivity contribution in [2.24, 2.45) is 0 Å². The van der Waals surface area contributed by atoms with Crippen LogP contribution in [0, 0.1) is 0 Å². The minimum Gasteiger partial charge on any atom is -0.486 e. The number of carboxylic acid groups (broad SMARTS) is 1. The Hall–Kier alpha value is -3.02. The molecule has 0 aromatic heterocycles. The molecule has 0 atom stereocenters. The van der Waals surface area contributed by atoms with Crippen LogP contribution in [0.15, 0.2) is 42.5 Å². The zero-order chi connectivity index (χ0) is 15.5. The fraction of sp³-hybridized carbons (Fsp3) is 0.125. The smallest absolute Gasteiger partial charge is 0.336 e. The van der Waals surface area contributed by atoms with E-state index >= 15 is 0 Å². The summed E-state index contributed by atoms with van der Waals surface area (Å²) in [6.07, 6.45) is 0. The quantitative estimate of drug-likeness (QED) is 0.909. The van der Waals surface area contributed by atoms with Gasteiger partial charge in [0.05, 0.1) is 11.1 Å². The minimum atomic E-state index is -1.15. The lowest BCUT2D eigenvalue weighted by Crippen LogP contribution is -2.18. The highest BCUT2D eigenvalue weighted by atomic mass is 16.6. The SMILES string of the molecule is O=C(O)c1ccccc1C(=O)Nc1ccc2c(c1)OCCO2. The van der Waals surface area contributed by atoms with Gasteiger partial charge in [-0.05, 0) is 24.3 Å². The molecule has 0 unspecified atom stereocenters. The second-order valence-corrected chi connectivity index (χ2v) is 4.66. The number of benzene rings is 2. The molecule has 112 valence electrons. The lowest BCUT2D eigenvalue weighted by atomic mass is 10.1. The predicted molar refractivity (Wildman–Crippen MR) is 78.8 cm³/mol. The third kappa shape index (κ3) is 2.71. The van der Waals surface area contributed by atoms with Crippen molar-refractivity contribution in [2.75, 3.05) is 18.5 Å². The van der Waals surface area contributed by atoms with Gasteiger partial charge < -0.3 is 19.9 Å². The average molecular weight is 299 g/mol. The number of ether oxygens (including phenoxy) is 2. The van der Waals surface area contributed by atoms with E-state index in [1.54, 1.807) is 30.3 Å². The van der Waals surface area contributed by atoms with Gasteiger partial charge in [0.2, 0.25) is 0 Å². The summed E-state index contributed by atoms with van der Waals surface area (Å²) in [6.45, 7) is 0.941. The number of carbonyl (C=O) groups excluding carboxylic acids is 1. The topological polar surface area (TPSA) is 84.9 Å². The first kappa shape index (κ1) is 13.9. The molecule has 0 aliphatic carbocycles. The highest BCUT2D eigenvalue weighted by molar-refractivity contribution is 6.10. The van der Waals surface area contributed by atoms with Gasteiger partial charge in [-0.1, -0.05) is 12.1 Å². The van der Waals surface area contributed by atoms with Crippen LogP contribution in [-0.4, -0.2) is 30.2 Å². The first-order valence-electron chi connectivity index (χ1n) is 6.68. The zero-order valence-corrected chi connectivity index (χ0v) is 11.5. The first-order valence-corrected chi connectivity index (χ1v) is 6.68. The molecular formula is C16H13NO5. The molecule has 0 fully saturated rings.